The third-order valence-corrected chi connectivity index (χ3v) is 4.54. The van der Waals surface area contributed by atoms with Crippen molar-refractivity contribution in [3.05, 3.63) is 54.2 Å². The van der Waals surface area contributed by atoms with E-state index in [1.807, 2.05) is 36.4 Å². The van der Waals surface area contributed by atoms with Crippen LogP contribution in [0.1, 0.15) is 18.4 Å². The number of carbonyl (C=O) groups is 1. The fraction of sp³-hybridized carbons (Fsp3) is 0.368. The first-order valence-corrected chi connectivity index (χ1v) is 8.46. The normalized spacial score (nSPS) is 16.2. The van der Waals surface area contributed by atoms with Crippen LogP contribution < -0.4 is 15.8 Å². The number of pyridine rings is 1. The van der Waals surface area contributed by atoms with Crippen LogP contribution in [0.4, 0.5) is 0 Å². The van der Waals surface area contributed by atoms with Crippen molar-refractivity contribution >= 4 is 5.91 Å². The summed E-state index contributed by atoms with van der Waals surface area (Å²) in [7, 11) is 0. The van der Waals surface area contributed by atoms with Crippen LogP contribution in [0.25, 0.3) is 0 Å². The van der Waals surface area contributed by atoms with Crippen LogP contribution in [0.5, 0.6) is 11.6 Å². The first kappa shape index (κ1) is 17.4. The van der Waals surface area contributed by atoms with Crippen LogP contribution >= 0.6 is 0 Å². The van der Waals surface area contributed by atoms with Crippen LogP contribution in [0, 0.1) is 5.41 Å². The lowest BCUT2D eigenvalue weighted by Gasteiger charge is -2.34. The summed E-state index contributed by atoms with van der Waals surface area (Å²) in [6.07, 6.45) is 3.03. The standard InChI is InChI=1S/C19H23N3O3/c20-14-19(8-10-24-11-9-19)18(23)22-13-15-6-7-17(21-12-15)25-16-4-2-1-3-5-16/h1-7,12H,8-11,13-14,20H2,(H,22,23). The third-order valence-electron chi connectivity index (χ3n) is 4.54. The van der Waals surface area contributed by atoms with Crippen LogP contribution in [0.3, 0.4) is 0 Å². The lowest BCUT2D eigenvalue weighted by atomic mass is 9.79. The average molecular weight is 341 g/mol. The molecule has 0 saturated carbocycles. The molecule has 2 heterocycles. The van der Waals surface area contributed by atoms with Gasteiger partial charge in [0.25, 0.3) is 0 Å². The number of amides is 1. The SMILES string of the molecule is NCC1(C(=O)NCc2ccc(Oc3ccccc3)nc2)CCOCC1. The molecule has 3 rings (SSSR count). The predicted molar refractivity (Wildman–Crippen MR) is 94.1 cm³/mol. The molecule has 25 heavy (non-hydrogen) atoms. The number of benzene rings is 1. The fourth-order valence-electron chi connectivity index (χ4n) is 2.84. The Hall–Kier alpha value is -2.44. The summed E-state index contributed by atoms with van der Waals surface area (Å²) in [6.45, 7) is 1.92. The van der Waals surface area contributed by atoms with Gasteiger partial charge in [-0.1, -0.05) is 24.3 Å². The topological polar surface area (TPSA) is 86.5 Å². The summed E-state index contributed by atoms with van der Waals surface area (Å²) in [5, 5.41) is 2.97. The van der Waals surface area contributed by atoms with E-state index in [2.05, 4.69) is 10.3 Å². The Labute approximate surface area is 147 Å². The van der Waals surface area contributed by atoms with E-state index in [1.54, 1.807) is 12.3 Å². The second-order valence-electron chi connectivity index (χ2n) is 6.20. The van der Waals surface area contributed by atoms with E-state index in [0.717, 1.165) is 11.3 Å². The minimum atomic E-state index is -0.512. The molecule has 0 radical (unpaired) electrons. The van der Waals surface area contributed by atoms with Crippen molar-refractivity contribution in [3.8, 4) is 11.6 Å². The second-order valence-corrected chi connectivity index (χ2v) is 6.20. The number of nitrogens with zero attached hydrogens (tertiary/aromatic N) is 1. The van der Waals surface area contributed by atoms with E-state index in [9.17, 15) is 4.79 Å². The van der Waals surface area contributed by atoms with Crippen molar-refractivity contribution in [3.63, 3.8) is 0 Å². The summed E-state index contributed by atoms with van der Waals surface area (Å²) < 4.78 is 11.0. The number of hydrogen-bond donors (Lipinski definition) is 2. The maximum atomic E-state index is 12.5. The highest BCUT2D eigenvalue weighted by molar-refractivity contribution is 5.83. The molecule has 132 valence electrons. The molecule has 2 aromatic rings. The van der Waals surface area contributed by atoms with Gasteiger partial charge in [-0.05, 0) is 30.5 Å². The van der Waals surface area contributed by atoms with Gasteiger partial charge in [0, 0.05) is 38.6 Å². The molecule has 1 saturated heterocycles. The van der Waals surface area contributed by atoms with Gasteiger partial charge >= 0.3 is 0 Å². The van der Waals surface area contributed by atoms with Crippen molar-refractivity contribution < 1.29 is 14.3 Å². The van der Waals surface area contributed by atoms with Gasteiger partial charge in [0.1, 0.15) is 5.75 Å². The van der Waals surface area contributed by atoms with Crippen molar-refractivity contribution in [1.29, 1.82) is 0 Å². The van der Waals surface area contributed by atoms with Crippen LogP contribution in [-0.4, -0.2) is 30.6 Å². The van der Waals surface area contributed by atoms with Crippen LogP contribution in [0.15, 0.2) is 48.7 Å². The van der Waals surface area contributed by atoms with Crippen LogP contribution in [0.2, 0.25) is 0 Å². The molecular weight excluding hydrogens is 318 g/mol. The maximum Gasteiger partial charge on any atom is 0.227 e. The zero-order chi connectivity index (χ0) is 17.5. The minimum Gasteiger partial charge on any atom is -0.439 e. The van der Waals surface area contributed by atoms with Gasteiger partial charge in [-0.15, -0.1) is 0 Å². The average Bonchev–Trinajstić information content (AvgIpc) is 2.68. The number of rotatable bonds is 6. The largest absolute Gasteiger partial charge is 0.439 e. The number of ether oxygens (including phenoxy) is 2. The van der Waals surface area contributed by atoms with E-state index in [1.165, 1.54) is 0 Å². The summed E-state index contributed by atoms with van der Waals surface area (Å²) in [5.74, 6) is 1.24. The highest BCUT2D eigenvalue weighted by Gasteiger charge is 2.38. The Bertz CT molecular complexity index is 683. The second kappa shape index (κ2) is 8.09. The Balaban J connectivity index is 1.55. The first-order valence-electron chi connectivity index (χ1n) is 8.46. The lowest BCUT2D eigenvalue weighted by Crippen LogP contribution is -2.48. The Morgan fingerprint density at radius 1 is 1.20 bits per heavy atom. The van der Waals surface area contributed by atoms with Gasteiger partial charge < -0.3 is 20.5 Å². The number of nitrogens with one attached hydrogen (secondary N) is 1. The summed E-state index contributed by atoms with van der Waals surface area (Å²) in [6, 6.07) is 13.2. The molecule has 1 fully saturated rings. The molecule has 6 heteroatoms. The number of nitrogens with two attached hydrogens (primary N) is 1. The number of aromatic nitrogens is 1. The van der Waals surface area contributed by atoms with Crippen molar-refractivity contribution in [1.82, 2.24) is 10.3 Å². The molecule has 0 unspecified atom stereocenters. The maximum absolute atomic E-state index is 12.5. The highest BCUT2D eigenvalue weighted by Crippen LogP contribution is 2.29. The molecular formula is C19H23N3O3. The van der Waals surface area contributed by atoms with Gasteiger partial charge in [0.15, 0.2) is 0 Å². The molecule has 1 aromatic heterocycles. The molecule has 6 nitrogen and oxygen atoms in total. The van der Waals surface area contributed by atoms with E-state index < -0.39 is 5.41 Å². The molecule has 1 aliphatic heterocycles. The van der Waals surface area contributed by atoms with Crippen molar-refractivity contribution in [2.24, 2.45) is 11.1 Å². The fourth-order valence-corrected chi connectivity index (χ4v) is 2.84. The highest BCUT2D eigenvalue weighted by atomic mass is 16.5. The Morgan fingerprint density at radius 2 is 1.96 bits per heavy atom. The first-order chi connectivity index (χ1) is 12.2. The van der Waals surface area contributed by atoms with Gasteiger partial charge in [-0.25, -0.2) is 4.98 Å². The van der Waals surface area contributed by atoms with Crippen molar-refractivity contribution in [2.75, 3.05) is 19.8 Å². The van der Waals surface area contributed by atoms with E-state index in [-0.39, 0.29) is 5.91 Å². The zero-order valence-corrected chi connectivity index (χ0v) is 14.1. The monoisotopic (exact) mass is 341 g/mol. The summed E-state index contributed by atoms with van der Waals surface area (Å²) in [4.78, 5) is 16.8. The molecule has 1 amide bonds. The van der Waals surface area contributed by atoms with E-state index in [0.29, 0.717) is 45.0 Å². The van der Waals surface area contributed by atoms with Gasteiger partial charge in [0.05, 0.1) is 5.41 Å². The van der Waals surface area contributed by atoms with Crippen LogP contribution in [-0.2, 0) is 16.1 Å². The van der Waals surface area contributed by atoms with Gasteiger partial charge in [-0.3, -0.25) is 4.79 Å². The molecule has 0 aliphatic carbocycles. The van der Waals surface area contributed by atoms with Gasteiger partial charge in [-0.2, -0.15) is 0 Å². The Morgan fingerprint density at radius 3 is 2.60 bits per heavy atom. The smallest absolute Gasteiger partial charge is 0.227 e. The molecule has 3 N–H and O–H groups in total. The third kappa shape index (κ3) is 4.35. The lowest BCUT2D eigenvalue weighted by molar-refractivity contribution is -0.136. The summed E-state index contributed by atoms with van der Waals surface area (Å²) in [5.41, 5.74) is 6.25. The van der Waals surface area contributed by atoms with Gasteiger partial charge in [0.2, 0.25) is 11.8 Å². The molecule has 0 bridgehead atoms. The zero-order valence-electron chi connectivity index (χ0n) is 14.1. The molecule has 0 atom stereocenters. The van der Waals surface area contributed by atoms with E-state index in [4.69, 9.17) is 15.2 Å². The number of para-hydroxylation sites is 1. The summed E-state index contributed by atoms with van der Waals surface area (Å²) >= 11 is 0. The molecule has 0 spiro atoms. The van der Waals surface area contributed by atoms with Crippen molar-refractivity contribution in [2.45, 2.75) is 19.4 Å². The van der Waals surface area contributed by atoms with E-state index >= 15 is 0 Å². The molecule has 1 aliphatic rings. The Kier molecular flexibility index (Phi) is 5.63. The molecule has 1 aromatic carbocycles. The number of carbonyl (C=O) groups excluding carboxylic acids is 1. The predicted octanol–water partition coefficient (Wildman–Crippen LogP) is 2.25. The minimum absolute atomic E-state index is 0.0112. The number of hydrogen-bond acceptors (Lipinski definition) is 5. The quantitative estimate of drug-likeness (QED) is 0.841.